The summed E-state index contributed by atoms with van der Waals surface area (Å²) < 4.78 is 13.3. The molecule has 0 aliphatic carbocycles. The molecule has 3 N–H and O–H groups in total. The van der Waals surface area contributed by atoms with Gasteiger partial charge in [-0.25, -0.2) is 9.18 Å². The Morgan fingerprint density at radius 3 is 2.71 bits per heavy atom. The molecule has 4 rings (SSSR count). The quantitative estimate of drug-likeness (QED) is 0.592. The van der Waals surface area contributed by atoms with Crippen LogP contribution < -0.4 is 16.2 Å². The van der Waals surface area contributed by atoms with Crippen molar-refractivity contribution in [3.05, 3.63) is 75.8 Å². The molecule has 0 saturated carbocycles. The molecule has 28 heavy (non-hydrogen) atoms. The second-order valence-electron chi connectivity index (χ2n) is 6.55. The lowest BCUT2D eigenvalue weighted by Crippen LogP contribution is -2.30. The number of hydrogen-bond donors (Lipinski definition) is 3. The smallest absolute Gasteiger partial charge is 0.324 e. The Labute approximate surface area is 159 Å². The summed E-state index contributed by atoms with van der Waals surface area (Å²) in [6, 6.07) is 12.8. The molecule has 0 atom stereocenters. The molecule has 0 unspecified atom stereocenters. The number of benzene rings is 2. The molecule has 0 radical (unpaired) electrons. The van der Waals surface area contributed by atoms with Crippen molar-refractivity contribution >= 4 is 28.5 Å². The topological polar surface area (TPSA) is 94.3 Å². The van der Waals surface area contributed by atoms with Gasteiger partial charge in [-0.05, 0) is 47.3 Å². The lowest BCUT2D eigenvalue weighted by atomic mass is 10.1. The van der Waals surface area contributed by atoms with Crippen LogP contribution in [0.25, 0.3) is 10.9 Å². The number of nitrogens with one attached hydrogen (secondary N) is 3. The summed E-state index contributed by atoms with van der Waals surface area (Å²) >= 11 is 0. The summed E-state index contributed by atoms with van der Waals surface area (Å²) in [6.07, 6.45) is 0. The first kappa shape index (κ1) is 17.7. The first-order valence-corrected chi connectivity index (χ1v) is 8.72. The Hall–Kier alpha value is -3.68. The summed E-state index contributed by atoms with van der Waals surface area (Å²) in [4.78, 5) is 39.5. The molecule has 3 aromatic rings. The predicted octanol–water partition coefficient (Wildman–Crippen LogP) is 2.33. The van der Waals surface area contributed by atoms with Crippen molar-refractivity contribution in [2.75, 3.05) is 11.9 Å². The van der Waals surface area contributed by atoms with Crippen molar-refractivity contribution in [2.45, 2.75) is 13.1 Å². The molecule has 1 aromatic heterocycles. The zero-order chi connectivity index (χ0) is 19.7. The number of carbonyl (C=O) groups excluding carboxylic acids is 2. The number of hydrogen-bond acceptors (Lipinski definition) is 4. The molecule has 0 bridgehead atoms. The van der Waals surface area contributed by atoms with E-state index in [2.05, 4.69) is 15.6 Å². The molecule has 8 heteroatoms. The van der Waals surface area contributed by atoms with Gasteiger partial charge in [0.25, 0.3) is 5.56 Å². The van der Waals surface area contributed by atoms with Crippen molar-refractivity contribution < 1.29 is 14.0 Å². The number of aromatic nitrogens is 1. The van der Waals surface area contributed by atoms with Crippen molar-refractivity contribution in [3.63, 3.8) is 0 Å². The van der Waals surface area contributed by atoms with Crippen LogP contribution in [0, 0.1) is 5.82 Å². The lowest BCUT2D eigenvalue weighted by Gasteiger charge is -2.14. The molecule has 1 aliphatic heterocycles. The average molecular weight is 380 g/mol. The van der Waals surface area contributed by atoms with Crippen molar-refractivity contribution in [1.29, 1.82) is 0 Å². The van der Waals surface area contributed by atoms with Gasteiger partial charge in [0, 0.05) is 17.8 Å². The Morgan fingerprint density at radius 1 is 1.07 bits per heavy atom. The first-order chi connectivity index (χ1) is 13.5. The van der Waals surface area contributed by atoms with E-state index in [0.717, 1.165) is 21.5 Å². The van der Waals surface area contributed by atoms with E-state index < -0.39 is 11.8 Å². The number of halogens is 1. The van der Waals surface area contributed by atoms with Gasteiger partial charge in [0.15, 0.2) is 0 Å². The lowest BCUT2D eigenvalue weighted by molar-refractivity contribution is -0.125. The maximum absolute atomic E-state index is 13.3. The van der Waals surface area contributed by atoms with Crippen molar-refractivity contribution in [1.82, 2.24) is 15.2 Å². The third-order valence-corrected chi connectivity index (χ3v) is 4.57. The number of urea groups is 1. The van der Waals surface area contributed by atoms with Crippen molar-refractivity contribution in [2.24, 2.45) is 0 Å². The van der Waals surface area contributed by atoms with E-state index in [9.17, 15) is 18.8 Å². The summed E-state index contributed by atoms with van der Waals surface area (Å²) in [6.45, 7) is 0.475. The van der Waals surface area contributed by atoms with E-state index in [1.165, 1.54) is 12.1 Å². The standard InChI is InChI=1S/C20H17FN4O3/c21-15-5-4-13-7-14(19(27)24-17(13)8-15)9-22-16-3-1-2-12(6-16)11-25-18(26)10-23-20(25)28/h1-8,22H,9-11H2,(H,23,28)(H,24,27). The molecule has 0 spiro atoms. The SMILES string of the molecule is O=C1CNC(=O)N1Cc1cccc(NCc2cc3ccc(F)cc3[nH]c2=O)c1. The van der Waals surface area contributed by atoms with Gasteiger partial charge in [-0.15, -0.1) is 0 Å². The Kier molecular flexibility index (Phi) is 4.52. The molecule has 2 heterocycles. The molecule has 1 fully saturated rings. The van der Waals surface area contributed by atoms with Crippen LogP contribution in [0.1, 0.15) is 11.1 Å². The predicted molar refractivity (Wildman–Crippen MR) is 102 cm³/mol. The third-order valence-electron chi connectivity index (χ3n) is 4.57. The van der Waals surface area contributed by atoms with Crippen LogP contribution in [0.5, 0.6) is 0 Å². The van der Waals surface area contributed by atoms with E-state index in [1.807, 2.05) is 24.3 Å². The van der Waals surface area contributed by atoms with Gasteiger partial charge in [-0.3, -0.25) is 14.5 Å². The van der Waals surface area contributed by atoms with E-state index >= 15 is 0 Å². The average Bonchev–Trinajstić information content (AvgIpc) is 2.99. The van der Waals surface area contributed by atoms with Gasteiger partial charge < -0.3 is 15.6 Å². The maximum Gasteiger partial charge on any atom is 0.324 e. The molecule has 142 valence electrons. The Balaban J connectivity index is 1.49. The molecule has 3 amide bonds. The fourth-order valence-electron chi connectivity index (χ4n) is 3.12. The molecular formula is C20H17FN4O3. The van der Waals surface area contributed by atoms with E-state index in [1.54, 1.807) is 12.1 Å². The zero-order valence-corrected chi connectivity index (χ0v) is 14.8. The number of amides is 3. The normalized spacial score (nSPS) is 13.8. The summed E-state index contributed by atoms with van der Waals surface area (Å²) in [5, 5.41) is 6.39. The largest absolute Gasteiger partial charge is 0.381 e. The maximum atomic E-state index is 13.3. The number of imide groups is 1. The van der Waals surface area contributed by atoms with Gasteiger partial charge in [0.2, 0.25) is 5.91 Å². The Morgan fingerprint density at radius 2 is 1.93 bits per heavy atom. The number of anilines is 1. The van der Waals surface area contributed by atoms with Crippen LogP contribution in [0.15, 0.2) is 53.3 Å². The van der Waals surface area contributed by atoms with E-state index in [0.29, 0.717) is 11.1 Å². The van der Waals surface area contributed by atoms with Gasteiger partial charge in [-0.2, -0.15) is 0 Å². The molecule has 7 nitrogen and oxygen atoms in total. The molecular weight excluding hydrogens is 363 g/mol. The fourth-order valence-corrected chi connectivity index (χ4v) is 3.12. The van der Waals surface area contributed by atoms with Gasteiger partial charge >= 0.3 is 6.03 Å². The number of pyridine rings is 1. The minimum absolute atomic E-state index is 0.0193. The summed E-state index contributed by atoms with van der Waals surface area (Å²) in [5.74, 6) is -0.668. The van der Waals surface area contributed by atoms with Crippen molar-refractivity contribution in [3.8, 4) is 0 Å². The van der Waals surface area contributed by atoms with Gasteiger partial charge in [0.1, 0.15) is 5.82 Å². The van der Waals surface area contributed by atoms with Crippen LogP contribution in [0.4, 0.5) is 14.9 Å². The monoisotopic (exact) mass is 380 g/mol. The molecule has 2 aromatic carbocycles. The number of aromatic amines is 1. The van der Waals surface area contributed by atoms with Gasteiger partial charge in [0.05, 0.1) is 18.6 Å². The minimum Gasteiger partial charge on any atom is -0.381 e. The highest BCUT2D eigenvalue weighted by Gasteiger charge is 2.28. The Bertz CT molecular complexity index is 1130. The first-order valence-electron chi connectivity index (χ1n) is 8.72. The molecule has 1 aliphatic rings. The summed E-state index contributed by atoms with van der Waals surface area (Å²) in [5.41, 5.74) is 2.21. The minimum atomic E-state index is -0.406. The van der Waals surface area contributed by atoms with Crippen LogP contribution in [-0.2, 0) is 17.9 Å². The van der Waals surface area contributed by atoms with Crippen LogP contribution in [0.3, 0.4) is 0 Å². The highest BCUT2D eigenvalue weighted by molar-refractivity contribution is 6.01. The second-order valence-corrected chi connectivity index (χ2v) is 6.55. The van der Waals surface area contributed by atoms with Gasteiger partial charge in [-0.1, -0.05) is 12.1 Å². The number of carbonyl (C=O) groups is 2. The fraction of sp³-hybridized carbons (Fsp3) is 0.150. The third kappa shape index (κ3) is 3.57. The van der Waals surface area contributed by atoms with Crippen LogP contribution in [-0.4, -0.2) is 28.4 Å². The number of nitrogens with zero attached hydrogens (tertiary/aromatic N) is 1. The molecule has 1 saturated heterocycles. The van der Waals surface area contributed by atoms with E-state index in [4.69, 9.17) is 0 Å². The number of H-pyrrole nitrogens is 1. The second kappa shape index (κ2) is 7.15. The number of fused-ring (bicyclic) bond motifs is 1. The van der Waals surface area contributed by atoms with E-state index in [-0.39, 0.29) is 31.1 Å². The highest BCUT2D eigenvalue weighted by atomic mass is 19.1. The van der Waals surface area contributed by atoms with Crippen LogP contribution >= 0.6 is 0 Å². The van der Waals surface area contributed by atoms with Crippen LogP contribution in [0.2, 0.25) is 0 Å². The number of rotatable bonds is 5. The summed E-state index contributed by atoms with van der Waals surface area (Å²) in [7, 11) is 0. The highest BCUT2D eigenvalue weighted by Crippen LogP contribution is 2.16. The zero-order valence-electron chi connectivity index (χ0n) is 14.8.